The molecule has 0 saturated carbocycles. The molecular weight excluding hydrogens is 310 g/mol. The molecule has 0 saturated heterocycles. The van der Waals surface area contributed by atoms with Crippen molar-refractivity contribution in [2.45, 2.75) is 26.4 Å². The van der Waals surface area contributed by atoms with Gasteiger partial charge in [0.05, 0.1) is 11.2 Å². The molecule has 0 atom stereocenters. The molecule has 0 spiro atoms. The Morgan fingerprint density at radius 3 is 2.39 bits per heavy atom. The van der Waals surface area contributed by atoms with Crippen molar-refractivity contribution in [1.29, 1.82) is 0 Å². The van der Waals surface area contributed by atoms with Crippen molar-refractivity contribution < 1.29 is 9.53 Å². The van der Waals surface area contributed by atoms with Crippen molar-refractivity contribution in [2.75, 3.05) is 0 Å². The number of aromatic nitrogens is 1. The molecule has 0 N–H and O–H groups in total. The van der Waals surface area contributed by atoms with Crippen LogP contribution in [0.3, 0.4) is 0 Å². The van der Waals surface area contributed by atoms with Gasteiger partial charge in [0.25, 0.3) is 0 Å². The largest absolute Gasteiger partial charge is 0.443 e. The summed E-state index contributed by atoms with van der Waals surface area (Å²) in [6.45, 7) is 5.56. The third-order valence-corrected chi connectivity index (χ3v) is 3.77. The number of benzene rings is 2. The van der Waals surface area contributed by atoms with Gasteiger partial charge in [0.2, 0.25) is 0 Å². The number of fused-ring (bicyclic) bond motifs is 1. The van der Waals surface area contributed by atoms with Crippen LogP contribution in [-0.2, 0) is 4.74 Å². The van der Waals surface area contributed by atoms with Gasteiger partial charge in [0.1, 0.15) is 5.60 Å². The first-order chi connectivity index (χ1) is 10.9. The zero-order valence-electron chi connectivity index (χ0n) is 13.3. The molecule has 0 radical (unpaired) electrons. The minimum atomic E-state index is -0.569. The van der Waals surface area contributed by atoms with Gasteiger partial charge < -0.3 is 4.74 Å². The van der Waals surface area contributed by atoms with E-state index >= 15 is 0 Å². The van der Waals surface area contributed by atoms with Crippen LogP contribution >= 0.6 is 11.6 Å². The van der Waals surface area contributed by atoms with Gasteiger partial charge in [-0.25, -0.2) is 9.36 Å². The Balaban J connectivity index is 2.25. The maximum absolute atomic E-state index is 12.7. The van der Waals surface area contributed by atoms with Gasteiger partial charge in [-0.2, -0.15) is 0 Å². The summed E-state index contributed by atoms with van der Waals surface area (Å²) in [6.07, 6.45) is -0.409. The Labute approximate surface area is 140 Å². The molecule has 0 fully saturated rings. The van der Waals surface area contributed by atoms with Gasteiger partial charge in [0, 0.05) is 10.4 Å². The number of hydrogen-bond donors (Lipinski definition) is 0. The molecule has 0 aliphatic heterocycles. The van der Waals surface area contributed by atoms with E-state index in [2.05, 4.69) is 0 Å². The summed E-state index contributed by atoms with van der Waals surface area (Å²) in [7, 11) is 0. The molecule has 0 aliphatic rings. The fourth-order valence-electron chi connectivity index (χ4n) is 2.52. The van der Waals surface area contributed by atoms with E-state index in [1.54, 1.807) is 4.57 Å². The smallest absolute Gasteiger partial charge is 0.419 e. The van der Waals surface area contributed by atoms with E-state index in [0.717, 1.165) is 22.2 Å². The van der Waals surface area contributed by atoms with Crippen molar-refractivity contribution in [3.63, 3.8) is 0 Å². The fourth-order valence-corrected chi connectivity index (χ4v) is 2.74. The van der Waals surface area contributed by atoms with E-state index in [-0.39, 0.29) is 0 Å². The van der Waals surface area contributed by atoms with Crippen molar-refractivity contribution in [1.82, 2.24) is 4.57 Å². The van der Waals surface area contributed by atoms with Crippen molar-refractivity contribution in [3.05, 3.63) is 59.6 Å². The van der Waals surface area contributed by atoms with Gasteiger partial charge >= 0.3 is 6.09 Å². The third kappa shape index (κ3) is 3.10. The van der Waals surface area contributed by atoms with E-state index in [4.69, 9.17) is 16.3 Å². The van der Waals surface area contributed by atoms with Crippen LogP contribution in [0.15, 0.2) is 54.6 Å². The van der Waals surface area contributed by atoms with Crippen LogP contribution in [-0.4, -0.2) is 16.3 Å². The molecule has 1 aromatic heterocycles. The van der Waals surface area contributed by atoms with Crippen LogP contribution in [0, 0.1) is 0 Å². The van der Waals surface area contributed by atoms with E-state index in [1.165, 1.54) is 0 Å². The van der Waals surface area contributed by atoms with Gasteiger partial charge in [-0.15, -0.1) is 0 Å². The van der Waals surface area contributed by atoms with Gasteiger partial charge in [0.15, 0.2) is 0 Å². The number of carbonyl (C=O) groups is 1. The van der Waals surface area contributed by atoms with Crippen LogP contribution in [0.2, 0.25) is 5.02 Å². The van der Waals surface area contributed by atoms with Crippen molar-refractivity contribution in [2.24, 2.45) is 0 Å². The highest BCUT2D eigenvalue weighted by Crippen LogP contribution is 2.33. The first kappa shape index (κ1) is 15.6. The van der Waals surface area contributed by atoms with Crippen molar-refractivity contribution >= 4 is 28.6 Å². The fraction of sp³-hybridized carbons (Fsp3) is 0.211. The first-order valence-corrected chi connectivity index (χ1v) is 7.83. The summed E-state index contributed by atoms with van der Waals surface area (Å²) >= 11 is 6.30. The van der Waals surface area contributed by atoms with E-state index in [0.29, 0.717) is 5.02 Å². The number of ether oxygens (including phenoxy) is 1. The number of nitrogens with zero attached hydrogens (tertiary/aromatic N) is 1. The molecule has 0 amide bonds. The molecule has 3 rings (SSSR count). The Bertz CT molecular complexity index is 860. The number of carbonyl (C=O) groups excluding carboxylic acids is 1. The van der Waals surface area contributed by atoms with Gasteiger partial charge in [-0.05, 0) is 44.5 Å². The highest BCUT2D eigenvalue weighted by molar-refractivity contribution is 6.35. The van der Waals surface area contributed by atoms with E-state index < -0.39 is 11.7 Å². The Morgan fingerprint density at radius 2 is 1.74 bits per heavy atom. The summed E-state index contributed by atoms with van der Waals surface area (Å²) in [4.78, 5) is 12.7. The summed E-state index contributed by atoms with van der Waals surface area (Å²) < 4.78 is 7.16. The zero-order valence-corrected chi connectivity index (χ0v) is 14.1. The SMILES string of the molecule is CC(C)(C)OC(=O)n1c(-c2ccccc2)cc2c(Cl)cccc21. The molecular formula is C19H18ClNO2. The topological polar surface area (TPSA) is 31.2 Å². The number of rotatable bonds is 1. The molecule has 118 valence electrons. The maximum Gasteiger partial charge on any atom is 0.419 e. The Hall–Kier alpha value is -2.26. The lowest BCUT2D eigenvalue weighted by molar-refractivity contribution is 0.0547. The summed E-state index contributed by atoms with van der Waals surface area (Å²) in [6, 6.07) is 17.2. The van der Waals surface area contributed by atoms with Crippen LogP contribution in [0.4, 0.5) is 4.79 Å². The van der Waals surface area contributed by atoms with Crippen LogP contribution < -0.4 is 0 Å². The van der Waals surface area contributed by atoms with E-state index in [1.807, 2.05) is 75.4 Å². The lowest BCUT2D eigenvalue weighted by atomic mass is 10.1. The first-order valence-electron chi connectivity index (χ1n) is 7.45. The third-order valence-electron chi connectivity index (χ3n) is 3.44. The predicted octanol–water partition coefficient (Wildman–Crippen LogP) is 5.74. The number of halogens is 1. The summed E-state index contributed by atoms with van der Waals surface area (Å²) in [5.41, 5.74) is 1.87. The molecule has 1 heterocycles. The van der Waals surface area contributed by atoms with Crippen LogP contribution in [0.5, 0.6) is 0 Å². The lowest BCUT2D eigenvalue weighted by Crippen LogP contribution is -2.27. The second-order valence-electron chi connectivity index (χ2n) is 6.38. The van der Waals surface area contributed by atoms with E-state index in [9.17, 15) is 4.79 Å². The van der Waals surface area contributed by atoms with Crippen LogP contribution in [0.25, 0.3) is 22.2 Å². The highest BCUT2D eigenvalue weighted by atomic mass is 35.5. The molecule has 2 aromatic carbocycles. The molecule has 0 aliphatic carbocycles. The second kappa shape index (κ2) is 5.74. The molecule has 4 heteroatoms. The normalized spacial score (nSPS) is 11.7. The Morgan fingerprint density at radius 1 is 1.04 bits per heavy atom. The quantitative estimate of drug-likeness (QED) is 0.570. The van der Waals surface area contributed by atoms with Crippen molar-refractivity contribution in [3.8, 4) is 11.3 Å². The molecule has 0 unspecified atom stereocenters. The number of hydrogen-bond acceptors (Lipinski definition) is 2. The average molecular weight is 328 g/mol. The maximum atomic E-state index is 12.7. The standard InChI is InChI=1S/C19H18ClNO2/c1-19(2,3)23-18(22)21-16-11-7-10-15(20)14(16)12-17(21)13-8-5-4-6-9-13/h4-12H,1-3H3. The summed E-state index contributed by atoms with van der Waals surface area (Å²) in [5, 5.41) is 1.45. The molecule has 3 aromatic rings. The molecule has 3 nitrogen and oxygen atoms in total. The van der Waals surface area contributed by atoms with Crippen LogP contribution in [0.1, 0.15) is 20.8 Å². The monoisotopic (exact) mass is 327 g/mol. The Kier molecular flexibility index (Phi) is 3.90. The average Bonchev–Trinajstić information content (AvgIpc) is 2.87. The molecule has 0 bridgehead atoms. The lowest BCUT2D eigenvalue weighted by Gasteiger charge is -2.21. The second-order valence-corrected chi connectivity index (χ2v) is 6.79. The minimum absolute atomic E-state index is 0.409. The molecule has 23 heavy (non-hydrogen) atoms. The minimum Gasteiger partial charge on any atom is -0.443 e. The zero-order chi connectivity index (χ0) is 16.6. The highest BCUT2D eigenvalue weighted by Gasteiger charge is 2.23. The predicted molar refractivity (Wildman–Crippen MR) is 94.0 cm³/mol. The van der Waals surface area contributed by atoms with Gasteiger partial charge in [-0.1, -0.05) is 48.0 Å². The summed E-state index contributed by atoms with van der Waals surface area (Å²) in [5.74, 6) is 0. The van der Waals surface area contributed by atoms with Gasteiger partial charge in [-0.3, -0.25) is 0 Å².